The molecule has 0 aliphatic carbocycles. The van der Waals surface area contributed by atoms with Crippen LogP contribution in [-0.4, -0.2) is 22.0 Å². The quantitative estimate of drug-likeness (QED) is 0.713. The van der Waals surface area contributed by atoms with Crippen LogP contribution in [0.1, 0.15) is 5.56 Å². The lowest BCUT2D eigenvalue weighted by atomic mass is 10.1. The van der Waals surface area contributed by atoms with Crippen LogP contribution in [0.5, 0.6) is 0 Å². The molecule has 0 aliphatic heterocycles. The minimum atomic E-state index is -3.54. The summed E-state index contributed by atoms with van der Waals surface area (Å²) in [5.41, 5.74) is 1.68. The molecule has 0 atom stereocenters. The van der Waals surface area contributed by atoms with Gasteiger partial charge in [0.05, 0.1) is 4.90 Å². The van der Waals surface area contributed by atoms with E-state index in [1.54, 1.807) is 24.3 Å². The summed E-state index contributed by atoms with van der Waals surface area (Å²) in [6.45, 7) is 0.868. The lowest BCUT2D eigenvalue weighted by Gasteiger charge is -2.09. The van der Waals surface area contributed by atoms with Crippen LogP contribution in [0.2, 0.25) is 0 Å². The molecule has 0 heterocycles. The van der Waals surface area contributed by atoms with E-state index in [4.69, 9.17) is 0 Å². The number of halogens is 1. The number of sulfonamides is 1. The minimum absolute atomic E-state index is 0.273. The third-order valence-electron chi connectivity index (χ3n) is 2.97. The van der Waals surface area contributed by atoms with Crippen molar-refractivity contribution in [2.75, 3.05) is 18.3 Å². The lowest BCUT2D eigenvalue weighted by Crippen LogP contribution is -2.13. The Morgan fingerprint density at radius 2 is 1.81 bits per heavy atom. The van der Waals surface area contributed by atoms with Crippen molar-refractivity contribution in [1.29, 1.82) is 0 Å². The molecule has 0 saturated carbocycles. The van der Waals surface area contributed by atoms with Gasteiger partial charge in [-0.3, -0.25) is 4.72 Å². The fourth-order valence-corrected chi connectivity index (χ4v) is 3.46. The third-order valence-corrected chi connectivity index (χ3v) is 5.04. The molecule has 0 amide bonds. The molecule has 2 aromatic rings. The van der Waals surface area contributed by atoms with Crippen molar-refractivity contribution >= 4 is 38.3 Å². The first kappa shape index (κ1) is 16.3. The minimum Gasteiger partial charge on any atom is -0.319 e. The first-order valence-electron chi connectivity index (χ1n) is 6.53. The topological polar surface area (TPSA) is 58.2 Å². The highest BCUT2D eigenvalue weighted by Crippen LogP contribution is 2.18. The molecule has 0 fully saturated rings. The Labute approximate surface area is 139 Å². The van der Waals surface area contributed by atoms with E-state index < -0.39 is 10.0 Å². The van der Waals surface area contributed by atoms with Gasteiger partial charge in [-0.25, -0.2) is 8.42 Å². The molecule has 0 unspecified atom stereocenters. The molecular weight excluding hydrogens is 399 g/mol. The van der Waals surface area contributed by atoms with Crippen molar-refractivity contribution < 1.29 is 8.42 Å². The first-order chi connectivity index (χ1) is 10.0. The standard InChI is InChI=1S/C15H17IN2O2S/c1-17-10-9-12-5-7-15(8-6-12)21(19,20)18-14-4-2-3-13(16)11-14/h2-8,11,17-18H,9-10H2,1H3. The van der Waals surface area contributed by atoms with Crippen LogP contribution in [0.25, 0.3) is 0 Å². The van der Waals surface area contributed by atoms with E-state index in [9.17, 15) is 8.42 Å². The average Bonchev–Trinajstić information content (AvgIpc) is 2.45. The molecule has 112 valence electrons. The summed E-state index contributed by atoms with van der Waals surface area (Å²) in [4.78, 5) is 0.273. The van der Waals surface area contributed by atoms with Crippen molar-refractivity contribution in [3.63, 3.8) is 0 Å². The summed E-state index contributed by atoms with van der Waals surface area (Å²) in [6, 6.07) is 14.2. The normalized spacial score (nSPS) is 11.3. The number of anilines is 1. The van der Waals surface area contributed by atoms with Crippen LogP contribution in [0.3, 0.4) is 0 Å². The Morgan fingerprint density at radius 3 is 2.43 bits per heavy atom. The Bertz CT molecular complexity index is 700. The summed E-state index contributed by atoms with van der Waals surface area (Å²) in [5.74, 6) is 0. The zero-order chi connectivity index (χ0) is 15.3. The van der Waals surface area contributed by atoms with Crippen molar-refractivity contribution in [3.05, 3.63) is 57.7 Å². The van der Waals surface area contributed by atoms with Gasteiger partial charge >= 0.3 is 0 Å². The molecule has 0 spiro atoms. The predicted molar refractivity (Wildman–Crippen MR) is 94.0 cm³/mol. The average molecular weight is 416 g/mol. The predicted octanol–water partition coefficient (Wildman–Crippen LogP) is 2.85. The van der Waals surface area contributed by atoms with Gasteiger partial charge in [0.1, 0.15) is 0 Å². The van der Waals surface area contributed by atoms with E-state index in [1.807, 2.05) is 31.3 Å². The van der Waals surface area contributed by atoms with Crippen LogP contribution in [0.15, 0.2) is 53.4 Å². The maximum absolute atomic E-state index is 12.3. The van der Waals surface area contributed by atoms with E-state index in [2.05, 4.69) is 32.6 Å². The van der Waals surface area contributed by atoms with Crippen LogP contribution in [0, 0.1) is 3.57 Å². The van der Waals surface area contributed by atoms with Gasteiger partial charge in [0.2, 0.25) is 0 Å². The van der Waals surface area contributed by atoms with E-state index in [0.29, 0.717) is 5.69 Å². The monoisotopic (exact) mass is 416 g/mol. The van der Waals surface area contributed by atoms with Crippen LogP contribution in [0.4, 0.5) is 5.69 Å². The van der Waals surface area contributed by atoms with Gasteiger partial charge in [-0.1, -0.05) is 18.2 Å². The summed E-state index contributed by atoms with van der Waals surface area (Å²) in [7, 11) is -1.64. The molecular formula is C15H17IN2O2S. The van der Waals surface area contributed by atoms with Gasteiger partial charge in [-0.05, 0) is 78.5 Å². The SMILES string of the molecule is CNCCc1ccc(S(=O)(=O)Nc2cccc(I)c2)cc1. The fourth-order valence-electron chi connectivity index (χ4n) is 1.87. The van der Waals surface area contributed by atoms with E-state index >= 15 is 0 Å². The maximum Gasteiger partial charge on any atom is 0.261 e. The van der Waals surface area contributed by atoms with Crippen molar-refractivity contribution in [1.82, 2.24) is 5.32 Å². The van der Waals surface area contributed by atoms with Gasteiger partial charge in [-0.15, -0.1) is 0 Å². The molecule has 2 N–H and O–H groups in total. The van der Waals surface area contributed by atoms with E-state index in [0.717, 1.165) is 22.1 Å². The molecule has 6 heteroatoms. The summed E-state index contributed by atoms with van der Waals surface area (Å²) in [6.07, 6.45) is 0.876. The molecule has 2 rings (SSSR count). The lowest BCUT2D eigenvalue weighted by molar-refractivity contribution is 0.601. The van der Waals surface area contributed by atoms with E-state index in [1.165, 1.54) is 0 Å². The van der Waals surface area contributed by atoms with Gasteiger partial charge < -0.3 is 5.32 Å². The number of nitrogens with one attached hydrogen (secondary N) is 2. The molecule has 0 bridgehead atoms. The van der Waals surface area contributed by atoms with Gasteiger partial charge in [-0.2, -0.15) is 0 Å². The zero-order valence-electron chi connectivity index (χ0n) is 11.6. The summed E-state index contributed by atoms with van der Waals surface area (Å²) in [5, 5.41) is 3.07. The Kier molecular flexibility index (Phi) is 5.60. The highest BCUT2D eigenvalue weighted by atomic mass is 127. The molecule has 0 saturated heterocycles. The first-order valence-corrected chi connectivity index (χ1v) is 9.09. The highest BCUT2D eigenvalue weighted by molar-refractivity contribution is 14.1. The summed E-state index contributed by atoms with van der Waals surface area (Å²) < 4.78 is 28.2. The molecule has 21 heavy (non-hydrogen) atoms. The smallest absolute Gasteiger partial charge is 0.261 e. The van der Waals surface area contributed by atoms with Crippen LogP contribution in [-0.2, 0) is 16.4 Å². The van der Waals surface area contributed by atoms with Crippen LogP contribution >= 0.6 is 22.6 Å². The largest absolute Gasteiger partial charge is 0.319 e. The van der Waals surface area contributed by atoms with Crippen LogP contribution < -0.4 is 10.0 Å². The number of hydrogen-bond donors (Lipinski definition) is 2. The zero-order valence-corrected chi connectivity index (χ0v) is 14.6. The number of benzene rings is 2. The Balaban J connectivity index is 2.15. The van der Waals surface area contributed by atoms with Gasteiger partial charge in [0, 0.05) is 9.26 Å². The third kappa shape index (κ3) is 4.69. The second kappa shape index (κ2) is 7.24. The van der Waals surface area contributed by atoms with Crippen molar-refractivity contribution in [2.45, 2.75) is 11.3 Å². The fraction of sp³-hybridized carbons (Fsp3) is 0.200. The number of rotatable bonds is 6. The second-order valence-electron chi connectivity index (χ2n) is 4.61. The van der Waals surface area contributed by atoms with Gasteiger partial charge in [0.15, 0.2) is 0 Å². The van der Waals surface area contributed by atoms with Crippen molar-refractivity contribution in [3.8, 4) is 0 Å². The highest BCUT2D eigenvalue weighted by Gasteiger charge is 2.13. The number of hydrogen-bond acceptors (Lipinski definition) is 3. The maximum atomic E-state index is 12.3. The molecule has 2 aromatic carbocycles. The summed E-state index contributed by atoms with van der Waals surface area (Å²) >= 11 is 2.15. The molecule has 0 aliphatic rings. The van der Waals surface area contributed by atoms with Gasteiger partial charge in [0.25, 0.3) is 10.0 Å². The molecule has 0 aromatic heterocycles. The molecule has 0 radical (unpaired) electrons. The molecule has 4 nitrogen and oxygen atoms in total. The van der Waals surface area contributed by atoms with Crippen molar-refractivity contribution in [2.24, 2.45) is 0 Å². The Morgan fingerprint density at radius 1 is 1.10 bits per heavy atom. The van der Waals surface area contributed by atoms with E-state index in [-0.39, 0.29) is 4.90 Å². The second-order valence-corrected chi connectivity index (χ2v) is 7.54. The Hall–Kier alpha value is -1.12. The number of likely N-dealkylation sites (N-methyl/N-ethyl adjacent to an activating group) is 1.